The molecule has 1 rings (SSSR count). The van der Waals surface area contributed by atoms with Crippen molar-refractivity contribution >= 4 is 9.84 Å². The fourth-order valence-corrected chi connectivity index (χ4v) is 3.46. The summed E-state index contributed by atoms with van der Waals surface area (Å²) in [6.45, 7) is 5.58. The Morgan fingerprint density at radius 1 is 1.60 bits per heavy atom. The maximum atomic E-state index is 11.7. The van der Waals surface area contributed by atoms with Gasteiger partial charge in [-0.05, 0) is 19.0 Å². The molecule has 3 nitrogen and oxygen atoms in total. The van der Waals surface area contributed by atoms with E-state index in [9.17, 15) is 8.42 Å². The predicted octanol–water partition coefficient (Wildman–Crippen LogP) is 1.41. The van der Waals surface area contributed by atoms with Crippen LogP contribution < -0.4 is 5.32 Å². The summed E-state index contributed by atoms with van der Waals surface area (Å²) < 4.78 is 23.5. The lowest BCUT2D eigenvalue weighted by atomic mass is 10.1. The lowest BCUT2D eigenvalue weighted by Gasteiger charge is -2.08. The molecule has 15 heavy (non-hydrogen) atoms. The van der Waals surface area contributed by atoms with Gasteiger partial charge in [0.05, 0.1) is 10.7 Å². The highest BCUT2D eigenvalue weighted by Crippen LogP contribution is 2.27. The van der Waals surface area contributed by atoms with Gasteiger partial charge in [-0.25, -0.2) is 8.42 Å². The predicted molar refractivity (Wildman–Crippen MR) is 63.3 cm³/mol. The number of hydrogen-bond acceptors (Lipinski definition) is 3. The average molecular weight is 227 g/mol. The van der Waals surface area contributed by atoms with Gasteiger partial charge in [-0.15, -0.1) is 0 Å². The number of hydrogen-bond donors (Lipinski definition) is 1. The fraction of sp³-hybridized carbons (Fsp3) is 0.455. The Morgan fingerprint density at radius 3 is 2.73 bits per heavy atom. The van der Waals surface area contributed by atoms with Crippen LogP contribution in [0.5, 0.6) is 0 Å². The zero-order chi connectivity index (χ0) is 11.5. The summed E-state index contributed by atoms with van der Waals surface area (Å²) in [7, 11) is -1.36. The fourth-order valence-electron chi connectivity index (χ4n) is 1.68. The van der Waals surface area contributed by atoms with Gasteiger partial charge in [0, 0.05) is 6.04 Å². The largest absolute Gasteiger partial charge is 0.312 e. The topological polar surface area (TPSA) is 46.2 Å². The monoisotopic (exact) mass is 227 g/mol. The Bertz CT molecular complexity index is 404. The normalized spacial score (nSPS) is 25.1. The molecular formula is C11H17NO2S. The number of allylic oxidation sites excluding steroid dienone is 2. The van der Waals surface area contributed by atoms with E-state index < -0.39 is 9.84 Å². The van der Waals surface area contributed by atoms with Crippen molar-refractivity contribution in [3.05, 3.63) is 35.3 Å². The molecule has 1 aliphatic rings. The smallest absolute Gasteiger partial charge is 0.180 e. The SMILES string of the molecule is C=CC1=C(/C=C\CC)C(NC)CS1(=O)=O. The van der Waals surface area contributed by atoms with Gasteiger partial charge < -0.3 is 5.32 Å². The van der Waals surface area contributed by atoms with Crippen LogP contribution in [0.3, 0.4) is 0 Å². The summed E-state index contributed by atoms with van der Waals surface area (Å²) in [5, 5.41) is 3.01. The molecule has 0 aliphatic carbocycles. The van der Waals surface area contributed by atoms with E-state index in [0.29, 0.717) is 4.91 Å². The zero-order valence-electron chi connectivity index (χ0n) is 9.16. The van der Waals surface area contributed by atoms with Crippen molar-refractivity contribution < 1.29 is 8.42 Å². The molecule has 0 spiro atoms. The number of nitrogens with one attached hydrogen (secondary N) is 1. The second kappa shape index (κ2) is 4.77. The maximum Gasteiger partial charge on any atom is 0.180 e. The van der Waals surface area contributed by atoms with Crippen LogP contribution in [-0.4, -0.2) is 27.3 Å². The van der Waals surface area contributed by atoms with Crippen molar-refractivity contribution in [1.29, 1.82) is 0 Å². The minimum atomic E-state index is -3.13. The van der Waals surface area contributed by atoms with Crippen molar-refractivity contribution in [2.24, 2.45) is 0 Å². The van der Waals surface area contributed by atoms with E-state index >= 15 is 0 Å². The van der Waals surface area contributed by atoms with E-state index in [1.807, 2.05) is 19.1 Å². The van der Waals surface area contributed by atoms with Gasteiger partial charge in [-0.1, -0.05) is 31.7 Å². The number of sulfone groups is 1. The van der Waals surface area contributed by atoms with Crippen molar-refractivity contribution in [2.45, 2.75) is 19.4 Å². The van der Waals surface area contributed by atoms with Gasteiger partial charge in [-0.2, -0.15) is 0 Å². The molecule has 0 amide bonds. The lowest BCUT2D eigenvalue weighted by molar-refractivity contribution is 0.598. The molecule has 0 aromatic carbocycles. The van der Waals surface area contributed by atoms with E-state index in [4.69, 9.17) is 0 Å². The van der Waals surface area contributed by atoms with Crippen LogP contribution in [0.25, 0.3) is 0 Å². The molecule has 0 bridgehead atoms. The maximum absolute atomic E-state index is 11.7. The van der Waals surface area contributed by atoms with Crippen LogP contribution in [0, 0.1) is 0 Å². The van der Waals surface area contributed by atoms with Crippen molar-refractivity contribution in [3.63, 3.8) is 0 Å². The van der Waals surface area contributed by atoms with Crippen LogP contribution >= 0.6 is 0 Å². The minimum absolute atomic E-state index is 0.106. The van der Waals surface area contributed by atoms with Gasteiger partial charge in [0.25, 0.3) is 0 Å². The molecule has 1 aliphatic heterocycles. The van der Waals surface area contributed by atoms with Gasteiger partial charge >= 0.3 is 0 Å². The molecule has 0 saturated heterocycles. The zero-order valence-corrected chi connectivity index (χ0v) is 9.97. The molecule has 0 radical (unpaired) electrons. The Kier molecular flexibility index (Phi) is 3.88. The lowest BCUT2D eigenvalue weighted by Crippen LogP contribution is -2.28. The first-order valence-electron chi connectivity index (χ1n) is 5.00. The highest BCUT2D eigenvalue weighted by molar-refractivity contribution is 7.95. The Morgan fingerprint density at radius 2 is 2.27 bits per heavy atom. The number of likely N-dealkylation sites (N-methyl/N-ethyl adjacent to an activating group) is 1. The van der Waals surface area contributed by atoms with Gasteiger partial charge in [-0.3, -0.25) is 0 Å². The van der Waals surface area contributed by atoms with Crippen molar-refractivity contribution in [2.75, 3.05) is 12.8 Å². The molecule has 0 saturated carbocycles. The molecule has 1 atom stereocenters. The molecule has 84 valence electrons. The molecule has 1 heterocycles. The van der Waals surface area contributed by atoms with E-state index in [1.54, 1.807) is 7.05 Å². The van der Waals surface area contributed by atoms with E-state index in [0.717, 1.165) is 12.0 Å². The summed E-state index contributed by atoms with van der Waals surface area (Å²) in [4.78, 5) is 0.367. The van der Waals surface area contributed by atoms with Crippen LogP contribution in [0.15, 0.2) is 35.3 Å². The molecule has 0 aromatic rings. The van der Waals surface area contributed by atoms with Crippen LogP contribution in [0.4, 0.5) is 0 Å². The Hall–Kier alpha value is -0.870. The van der Waals surface area contributed by atoms with E-state index in [2.05, 4.69) is 11.9 Å². The molecule has 1 N–H and O–H groups in total. The highest BCUT2D eigenvalue weighted by Gasteiger charge is 2.33. The van der Waals surface area contributed by atoms with Crippen molar-refractivity contribution in [1.82, 2.24) is 5.32 Å². The second-order valence-corrected chi connectivity index (χ2v) is 5.46. The summed E-state index contributed by atoms with van der Waals surface area (Å²) in [6, 6.07) is -0.106. The van der Waals surface area contributed by atoms with Gasteiger partial charge in [0.15, 0.2) is 9.84 Å². The summed E-state index contributed by atoms with van der Waals surface area (Å²) in [5.74, 6) is 0.133. The Balaban J connectivity index is 3.21. The molecule has 4 heteroatoms. The molecule has 0 fully saturated rings. The van der Waals surface area contributed by atoms with Crippen molar-refractivity contribution in [3.8, 4) is 0 Å². The van der Waals surface area contributed by atoms with Crippen LogP contribution in [0.1, 0.15) is 13.3 Å². The average Bonchev–Trinajstić information content (AvgIpc) is 2.45. The summed E-state index contributed by atoms with van der Waals surface area (Å²) in [6.07, 6.45) is 6.17. The van der Waals surface area contributed by atoms with Gasteiger partial charge in [0.2, 0.25) is 0 Å². The quantitative estimate of drug-likeness (QED) is 0.790. The third-order valence-corrected chi connectivity index (χ3v) is 4.29. The first-order chi connectivity index (χ1) is 7.06. The highest BCUT2D eigenvalue weighted by atomic mass is 32.2. The first kappa shape index (κ1) is 12.2. The minimum Gasteiger partial charge on any atom is -0.312 e. The van der Waals surface area contributed by atoms with E-state index in [1.165, 1.54) is 6.08 Å². The number of rotatable bonds is 4. The summed E-state index contributed by atoms with van der Waals surface area (Å²) in [5.41, 5.74) is 0.828. The summed E-state index contributed by atoms with van der Waals surface area (Å²) >= 11 is 0. The van der Waals surface area contributed by atoms with Gasteiger partial charge in [0.1, 0.15) is 0 Å². The standard InChI is InChI=1S/C11H17NO2S/c1-4-6-7-9-10(12-3)8-15(13,14)11(9)5-2/h5-7,10,12H,2,4,8H2,1,3H3/b7-6-. The molecular weight excluding hydrogens is 210 g/mol. The Labute approximate surface area is 91.5 Å². The molecule has 1 unspecified atom stereocenters. The third-order valence-electron chi connectivity index (χ3n) is 2.45. The molecule has 0 aromatic heterocycles. The van der Waals surface area contributed by atoms with Crippen LogP contribution in [-0.2, 0) is 9.84 Å². The third kappa shape index (κ3) is 2.38. The van der Waals surface area contributed by atoms with Crippen LogP contribution in [0.2, 0.25) is 0 Å². The second-order valence-electron chi connectivity index (χ2n) is 3.46. The first-order valence-corrected chi connectivity index (χ1v) is 6.65. The van der Waals surface area contributed by atoms with E-state index in [-0.39, 0.29) is 11.8 Å².